The summed E-state index contributed by atoms with van der Waals surface area (Å²) in [7, 11) is -1.11. The maximum Gasteiger partial charge on any atom is 0.226 e. The third kappa shape index (κ3) is 3.73. The Morgan fingerprint density at radius 3 is 2.64 bits per heavy atom. The summed E-state index contributed by atoms with van der Waals surface area (Å²) in [6, 6.07) is 10.9. The van der Waals surface area contributed by atoms with Crippen molar-refractivity contribution >= 4 is 16.9 Å². The minimum atomic E-state index is -1.11. The van der Waals surface area contributed by atoms with Gasteiger partial charge in [0.05, 0.1) is 11.0 Å². The van der Waals surface area contributed by atoms with Crippen LogP contribution in [0.5, 0.6) is 0 Å². The minimum Gasteiger partial charge on any atom is -0.341 e. The summed E-state index contributed by atoms with van der Waals surface area (Å²) >= 11 is 0. The van der Waals surface area contributed by atoms with E-state index < -0.39 is 22.6 Å². The van der Waals surface area contributed by atoms with E-state index in [1.807, 2.05) is 0 Å². The molecular weight excluding hydrogens is 382 g/mol. The Bertz CT molecular complexity index is 936. The molecule has 2 aromatic carbocycles. The topological polar surface area (TPSA) is 49.4 Å². The van der Waals surface area contributed by atoms with Crippen LogP contribution in [0.1, 0.15) is 24.3 Å². The number of benzene rings is 2. The number of halogens is 2. The second-order valence-electron chi connectivity index (χ2n) is 7.47. The third-order valence-electron chi connectivity index (χ3n) is 5.53. The Labute approximate surface area is 165 Å². The number of likely N-dealkylation sites (tertiary alicyclic amines) is 1. The molecule has 4 nitrogen and oxygen atoms in total. The molecule has 0 radical (unpaired) electrons. The van der Waals surface area contributed by atoms with E-state index in [4.69, 9.17) is 0 Å². The predicted octanol–water partition coefficient (Wildman–Crippen LogP) is 3.22. The number of amides is 1. The zero-order valence-electron chi connectivity index (χ0n) is 15.5. The molecule has 1 aliphatic carbocycles. The molecule has 1 aliphatic heterocycles. The summed E-state index contributed by atoms with van der Waals surface area (Å²) in [6.07, 6.45) is 2.98. The van der Waals surface area contributed by atoms with Gasteiger partial charge in [0, 0.05) is 42.4 Å². The van der Waals surface area contributed by atoms with Crippen LogP contribution in [0.15, 0.2) is 42.5 Å². The Balaban J connectivity index is 1.53. The highest BCUT2D eigenvalue weighted by Gasteiger charge is 2.48. The Hall–Kier alpha value is -2.12. The summed E-state index contributed by atoms with van der Waals surface area (Å²) < 4.78 is 43.2. The van der Waals surface area contributed by atoms with Crippen LogP contribution < -0.4 is 4.72 Å². The fraction of sp³-hybridized carbons (Fsp3) is 0.381. The van der Waals surface area contributed by atoms with Gasteiger partial charge in [0.15, 0.2) is 0 Å². The maximum absolute atomic E-state index is 14.6. The van der Waals surface area contributed by atoms with Crippen molar-refractivity contribution in [2.75, 3.05) is 19.3 Å². The van der Waals surface area contributed by atoms with Crippen LogP contribution in [-0.4, -0.2) is 40.4 Å². The number of nitrogens with zero attached hydrogens (tertiary/aromatic N) is 1. The lowest BCUT2D eigenvalue weighted by Crippen LogP contribution is -2.36. The average molecular weight is 404 g/mol. The van der Waals surface area contributed by atoms with Crippen molar-refractivity contribution in [3.05, 3.63) is 59.7 Å². The zero-order valence-corrected chi connectivity index (χ0v) is 16.3. The van der Waals surface area contributed by atoms with Crippen LogP contribution in [0.25, 0.3) is 11.1 Å². The largest absolute Gasteiger partial charge is 0.341 e. The van der Waals surface area contributed by atoms with Gasteiger partial charge in [-0.15, -0.1) is 0 Å². The number of nitrogens with one attached hydrogen (secondary N) is 1. The number of carbonyl (C=O) groups excluding carboxylic acids is 1. The van der Waals surface area contributed by atoms with Crippen LogP contribution in [0, 0.1) is 17.6 Å². The van der Waals surface area contributed by atoms with E-state index in [2.05, 4.69) is 4.72 Å². The smallest absolute Gasteiger partial charge is 0.226 e. The van der Waals surface area contributed by atoms with Crippen molar-refractivity contribution in [1.82, 2.24) is 9.62 Å². The standard InChI is InChI=1S/C21H22F2N2O2S/c1-28(27)24-13-9-10-25(12-13)21(26)17-11-16(17)14-6-4-8-19(23)20(14)15-5-2-3-7-18(15)22/h2-8,13,16-17,24H,9-12H2,1H3. The van der Waals surface area contributed by atoms with Gasteiger partial charge in [-0.2, -0.15) is 0 Å². The first-order valence-electron chi connectivity index (χ1n) is 9.37. The lowest BCUT2D eigenvalue weighted by Gasteiger charge is -2.17. The van der Waals surface area contributed by atoms with E-state index in [-0.39, 0.29) is 34.9 Å². The van der Waals surface area contributed by atoms with Crippen molar-refractivity contribution in [2.45, 2.75) is 24.8 Å². The molecule has 4 rings (SSSR count). The molecule has 2 aromatic rings. The molecule has 0 spiro atoms. The van der Waals surface area contributed by atoms with Gasteiger partial charge in [0.2, 0.25) is 5.91 Å². The minimum absolute atomic E-state index is 0.0372. The molecule has 1 amide bonds. The zero-order chi connectivity index (χ0) is 19.8. The van der Waals surface area contributed by atoms with Gasteiger partial charge in [-0.05, 0) is 36.5 Å². The molecule has 1 saturated carbocycles. The van der Waals surface area contributed by atoms with E-state index in [0.29, 0.717) is 25.1 Å². The van der Waals surface area contributed by atoms with Crippen molar-refractivity contribution in [3.8, 4) is 11.1 Å². The molecule has 2 fully saturated rings. The molecule has 1 heterocycles. The summed E-state index contributed by atoms with van der Waals surface area (Å²) in [4.78, 5) is 14.7. The first kappa shape index (κ1) is 19.2. The van der Waals surface area contributed by atoms with Gasteiger partial charge >= 0.3 is 0 Å². The molecule has 4 unspecified atom stereocenters. The third-order valence-corrected chi connectivity index (χ3v) is 6.19. The molecule has 4 atom stereocenters. The van der Waals surface area contributed by atoms with Crippen molar-refractivity contribution < 1.29 is 17.8 Å². The number of hydrogen-bond donors (Lipinski definition) is 1. The molecule has 28 heavy (non-hydrogen) atoms. The summed E-state index contributed by atoms with van der Waals surface area (Å²) in [6.45, 7) is 1.16. The van der Waals surface area contributed by atoms with Crippen LogP contribution in [-0.2, 0) is 15.8 Å². The Morgan fingerprint density at radius 2 is 1.89 bits per heavy atom. The molecular formula is C21H22F2N2O2S. The maximum atomic E-state index is 14.6. The molecule has 2 aliphatic rings. The highest BCUT2D eigenvalue weighted by molar-refractivity contribution is 7.82. The first-order chi connectivity index (χ1) is 13.5. The Kier molecular flexibility index (Phi) is 5.29. The SMILES string of the molecule is CS(=O)NC1CCN(C(=O)C2CC2c2cccc(F)c2-c2ccccc2F)C1. The quantitative estimate of drug-likeness (QED) is 0.832. The molecule has 0 aromatic heterocycles. The fourth-order valence-corrected chi connectivity index (χ4v) is 4.80. The van der Waals surface area contributed by atoms with E-state index in [1.54, 1.807) is 41.5 Å². The molecule has 7 heteroatoms. The normalized spacial score (nSPS) is 25.0. The number of carbonyl (C=O) groups is 1. The van der Waals surface area contributed by atoms with Gasteiger partial charge < -0.3 is 4.90 Å². The van der Waals surface area contributed by atoms with Crippen LogP contribution >= 0.6 is 0 Å². The highest BCUT2D eigenvalue weighted by atomic mass is 32.2. The highest BCUT2D eigenvalue weighted by Crippen LogP contribution is 2.52. The predicted molar refractivity (Wildman–Crippen MR) is 105 cm³/mol. The van der Waals surface area contributed by atoms with Gasteiger partial charge in [0.1, 0.15) is 11.6 Å². The lowest BCUT2D eigenvalue weighted by atomic mass is 9.95. The summed E-state index contributed by atoms with van der Waals surface area (Å²) in [5, 5.41) is 0. The van der Waals surface area contributed by atoms with Crippen LogP contribution in [0.2, 0.25) is 0 Å². The molecule has 1 N–H and O–H groups in total. The average Bonchev–Trinajstić information content (AvgIpc) is 3.32. The monoisotopic (exact) mass is 404 g/mol. The second kappa shape index (κ2) is 7.72. The molecule has 0 bridgehead atoms. The summed E-state index contributed by atoms with van der Waals surface area (Å²) in [5.41, 5.74) is 1.17. The summed E-state index contributed by atoms with van der Waals surface area (Å²) in [5.74, 6) is -1.22. The van der Waals surface area contributed by atoms with E-state index in [0.717, 1.165) is 6.42 Å². The van der Waals surface area contributed by atoms with E-state index >= 15 is 0 Å². The van der Waals surface area contributed by atoms with Crippen molar-refractivity contribution in [3.63, 3.8) is 0 Å². The number of hydrogen-bond acceptors (Lipinski definition) is 2. The molecule has 148 valence electrons. The van der Waals surface area contributed by atoms with Gasteiger partial charge in [-0.1, -0.05) is 30.3 Å². The number of rotatable bonds is 5. The van der Waals surface area contributed by atoms with Gasteiger partial charge in [-0.3, -0.25) is 4.79 Å². The van der Waals surface area contributed by atoms with Crippen LogP contribution in [0.3, 0.4) is 0 Å². The van der Waals surface area contributed by atoms with E-state index in [9.17, 15) is 17.8 Å². The van der Waals surface area contributed by atoms with Crippen molar-refractivity contribution in [1.29, 1.82) is 0 Å². The van der Waals surface area contributed by atoms with E-state index in [1.165, 1.54) is 12.1 Å². The van der Waals surface area contributed by atoms with Gasteiger partial charge in [-0.25, -0.2) is 17.7 Å². The van der Waals surface area contributed by atoms with Crippen molar-refractivity contribution in [2.24, 2.45) is 5.92 Å². The lowest BCUT2D eigenvalue weighted by molar-refractivity contribution is -0.131. The first-order valence-corrected chi connectivity index (χ1v) is 10.9. The van der Waals surface area contributed by atoms with Crippen LogP contribution in [0.4, 0.5) is 8.78 Å². The second-order valence-corrected chi connectivity index (χ2v) is 8.62. The van der Waals surface area contributed by atoms with Gasteiger partial charge in [0.25, 0.3) is 0 Å². The Morgan fingerprint density at radius 1 is 1.14 bits per heavy atom. The fourth-order valence-electron chi connectivity index (χ4n) is 4.14. The molecule has 1 saturated heterocycles.